The zero-order chi connectivity index (χ0) is 27.5. The first-order chi connectivity index (χ1) is 18.9. The molecular formula is C25H27F2N7O4S. The number of pyridine rings is 1. The molecule has 1 aromatic heterocycles. The van der Waals surface area contributed by atoms with Crippen LogP contribution in [-0.4, -0.2) is 78.2 Å². The number of rotatable bonds is 7. The second kappa shape index (κ2) is 11.6. The molecule has 4 N–H and O–H groups in total. The fourth-order valence-electron chi connectivity index (χ4n) is 4.23. The van der Waals surface area contributed by atoms with Gasteiger partial charge in [-0.15, -0.1) is 0 Å². The standard InChI is InChI=1S/C25H27F2N7O4S/c1-38-19-11-28-18(23(26)27)8-16(19)15-9-20(34-7-6-33(13-35)12-22(34)36)29-10-17(15)24(37)30-25-32-31-21(39-25)5-4-14-2-3-14/h8-11,13-14,18,21,23,25,28,31-32H,2-3,6-7,12H2,1H3,(H,30,37). The van der Waals surface area contributed by atoms with Gasteiger partial charge in [0.1, 0.15) is 28.5 Å². The second-order valence-corrected chi connectivity index (χ2v) is 10.5. The summed E-state index contributed by atoms with van der Waals surface area (Å²) >= 11 is 1.39. The molecule has 3 amide bonds. The number of amides is 3. The number of aromatic nitrogens is 1. The van der Waals surface area contributed by atoms with E-state index in [1.165, 1.54) is 53.2 Å². The Morgan fingerprint density at radius 3 is 2.82 bits per heavy atom. The van der Waals surface area contributed by atoms with Crippen molar-refractivity contribution >= 4 is 41.4 Å². The Balaban J connectivity index is 1.44. The minimum Gasteiger partial charge on any atom is -0.495 e. The molecule has 0 bridgehead atoms. The van der Waals surface area contributed by atoms with Gasteiger partial charge in [0.05, 0.1) is 19.2 Å². The summed E-state index contributed by atoms with van der Waals surface area (Å²) in [6, 6.07) is 0.194. The molecule has 206 valence electrons. The van der Waals surface area contributed by atoms with E-state index in [9.17, 15) is 23.2 Å². The van der Waals surface area contributed by atoms with Crippen molar-refractivity contribution in [1.82, 2.24) is 31.4 Å². The highest BCUT2D eigenvalue weighted by Gasteiger charge is 2.31. The molecule has 0 aromatic carbocycles. The fourth-order valence-corrected chi connectivity index (χ4v) is 5.08. The van der Waals surface area contributed by atoms with Gasteiger partial charge < -0.3 is 20.3 Å². The maximum atomic E-state index is 13.6. The summed E-state index contributed by atoms with van der Waals surface area (Å²) in [5.74, 6) is 6.37. The topological polar surface area (TPSA) is 128 Å². The lowest BCUT2D eigenvalue weighted by Crippen LogP contribution is -2.50. The molecule has 1 aromatic rings. The molecule has 14 heteroatoms. The van der Waals surface area contributed by atoms with Gasteiger partial charge in [0, 0.05) is 42.5 Å². The van der Waals surface area contributed by atoms with Crippen molar-refractivity contribution in [2.45, 2.75) is 36.2 Å². The zero-order valence-electron chi connectivity index (χ0n) is 20.9. The quantitative estimate of drug-likeness (QED) is 0.280. The van der Waals surface area contributed by atoms with E-state index in [1.54, 1.807) is 0 Å². The Morgan fingerprint density at radius 2 is 2.13 bits per heavy atom. The van der Waals surface area contributed by atoms with E-state index < -0.39 is 23.9 Å². The van der Waals surface area contributed by atoms with E-state index in [1.807, 2.05) is 0 Å². The highest BCUT2D eigenvalue weighted by atomic mass is 32.2. The minimum atomic E-state index is -2.72. The number of piperazine rings is 1. The van der Waals surface area contributed by atoms with Crippen LogP contribution < -0.4 is 26.4 Å². The van der Waals surface area contributed by atoms with Crippen molar-refractivity contribution in [3.05, 3.63) is 41.4 Å². The Kier molecular flexibility index (Phi) is 8.01. The van der Waals surface area contributed by atoms with Crippen LogP contribution in [0.3, 0.4) is 0 Å². The molecule has 5 rings (SSSR count). The molecule has 39 heavy (non-hydrogen) atoms. The molecule has 1 aliphatic carbocycles. The van der Waals surface area contributed by atoms with E-state index >= 15 is 0 Å². The largest absolute Gasteiger partial charge is 0.495 e. The van der Waals surface area contributed by atoms with Gasteiger partial charge in [-0.1, -0.05) is 23.6 Å². The van der Waals surface area contributed by atoms with Gasteiger partial charge in [0.2, 0.25) is 12.3 Å². The minimum absolute atomic E-state index is 0.108. The van der Waals surface area contributed by atoms with Gasteiger partial charge in [0.15, 0.2) is 0 Å². The number of thioether (sulfide) groups is 1. The van der Waals surface area contributed by atoms with Gasteiger partial charge in [0.25, 0.3) is 12.3 Å². The maximum absolute atomic E-state index is 13.6. The van der Waals surface area contributed by atoms with E-state index in [-0.39, 0.29) is 52.6 Å². The maximum Gasteiger partial charge on any atom is 0.261 e. The average Bonchev–Trinajstić information content (AvgIpc) is 3.68. The normalized spacial score (nSPS) is 24.8. The summed E-state index contributed by atoms with van der Waals surface area (Å²) in [6.45, 7) is 0.384. The van der Waals surface area contributed by atoms with Crippen LogP contribution in [0.25, 0.3) is 5.57 Å². The molecule has 3 atom stereocenters. The van der Waals surface area contributed by atoms with Crippen LogP contribution in [0.5, 0.6) is 0 Å². The highest BCUT2D eigenvalue weighted by molar-refractivity contribution is 8.00. The van der Waals surface area contributed by atoms with Crippen LogP contribution in [0.15, 0.2) is 30.3 Å². The summed E-state index contributed by atoms with van der Waals surface area (Å²) in [6.07, 6.45) is 4.03. The predicted molar refractivity (Wildman–Crippen MR) is 140 cm³/mol. The SMILES string of the molecule is COC1=CNC(C(F)F)C=C1c1cc(N2CCN(C=O)CC2=O)ncc1C(=O)NC1NNC(C#CC2CC2)S1. The van der Waals surface area contributed by atoms with Crippen LogP contribution in [-0.2, 0) is 14.3 Å². The Labute approximate surface area is 227 Å². The molecule has 2 saturated heterocycles. The van der Waals surface area contributed by atoms with Crippen molar-refractivity contribution in [2.75, 3.05) is 31.6 Å². The van der Waals surface area contributed by atoms with Crippen LogP contribution in [0.1, 0.15) is 28.8 Å². The molecule has 3 unspecified atom stereocenters. The number of dihydropyridines is 1. The number of halogens is 2. The number of hydrogen-bond acceptors (Lipinski definition) is 9. The second-order valence-electron chi connectivity index (χ2n) is 9.25. The fraction of sp³-hybridized carbons (Fsp3) is 0.440. The number of alkyl halides is 2. The first-order valence-electron chi connectivity index (χ1n) is 12.4. The van der Waals surface area contributed by atoms with Crippen molar-refractivity contribution in [3.63, 3.8) is 0 Å². The molecular weight excluding hydrogens is 532 g/mol. The number of hydrogen-bond donors (Lipinski definition) is 4. The highest BCUT2D eigenvalue weighted by Crippen LogP contribution is 2.33. The summed E-state index contributed by atoms with van der Waals surface area (Å²) in [4.78, 5) is 44.3. The molecule has 4 heterocycles. The molecule has 3 fully saturated rings. The number of ether oxygens (including phenoxy) is 1. The lowest BCUT2D eigenvalue weighted by Gasteiger charge is -2.32. The Hall–Kier alpha value is -3.67. The van der Waals surface area contributed by atoms with Crippen LogP contribution in [0.2, 0.25) is 0 Å². The van der Waals surface area contributed by atoms with Gasteiger partial charge in [-0.25, -0.2) is 24.6 Å². The number of nitrogens with one attached hydrogen (secondary N) is 4. The molecule has 3 aliphatic heterocycles. The lowest BCUT2D eigenvalue weighted by molar-refractivity contribution is -0.128. The predicted octanol–water partition coefficient (Wildman–Crippen LogP) is 0.589. The summed E-state index contributed by atoms with van der Waals surface area (Å²) < 4.78 is 32.7. The number of methoxy groups -OCH3 is 1. The number of anilines is 1. The smallest absolute Gasteiger partial charge is 0.261 e. The summed E-state index contributed by atoms with van der Waals surface area (Å²) in [5.41, 5.74) is 6.14. The lowest BCUT2D eigenvalue weighted by atomic mass is 9.95. The number of nitrogens with zero attached hydrogens (tertiary/aromatic N) is 3. The third kappa shape index (κ3) is 6.16. The Morgan fingerprint density at radius 1 is 1.31 bits per heavy atom. The van der Waals surface area contributed by atoms with Gasteiger partial charge >= 0.3 is 0 Å². The number of allylic oxidation sites excluding steroid dienone is 1. The third-order valence-electron chi connectivity index (χ3n) is 6.49. The van der Waals surface area contributed by atoms with E-state index in [0.717, 1.165) is 12.8 Å². The van der Waals surface area contributed by atoms with Crippen LogP contribution in [0.4, 0.5) is 14.6 Å². The molecule has 0 radical (unpaired) electrons. The van der Waals surface area contributed by atoms with Crippen LogP contribution in [0, 0.1) is 17.8 Å². The molecule has 11 nitrogen and oxygen atoms in total. The third-order valence-corrected chi connectivity index (χ3v) is 7.50. The van der Waals surface area contributed by atoms with Gasteiger partial charge in [-0.3, -0.25) is 19.3 Å². The van der Waals surface area contributed by atoms with E-state index in [2.05, 4.69) is 38.3 Å². The summed E-state index contributed by atoms with van der Waals surface area (Å²) in [5, 5.41) is 5.25. The van der Waals surface area contributed by atoms with Crippen molar-refractivity contribution in [2.24, 2.45) is 5.92 Å². The summed E-state index contributed by atoms with van der Waals surface area (Å²) in [7, 11) is 1.39. The molecule has 4 aliphatic rings. The van der Waals surface area contributed by atoms with Crippen molar-refractivity contribution in [3.8, 4) is 11.8 Å². The van der Waals surface area contributed by atoms with Crippen molar-refractivity contribution in [1.29, 1.82) is 0 Å². The average molecular weight is 560 g/mol. The van der Waals surface area contributed by atoms with E-state index in [4.69, 9.17) is 4.74 Å². The van der Waals surface area contributed by atoms with Gasteiger partial charge in [-0.2, -0.15) is 0 Å². The molecule has 1 saturated carbocycles. The van der Waals surface area contributed by atoms with Crippen molar-refractivity contribution < 1.29 is 27.9 Å². The van der Waals surface area contributed by atoms with Gasteiger partial charge in [-0.05, 0) is 25.0 Å². The van der Waals surface area contributed by atoms with Crippen LogP contribution >= 0.6 is 11.8 Å². The number of carbonyl (C=O) groups excluding carboxylic acids is 3. The zero-order valence-corrected chi connectivity index (χ0v) is 21.8. The number of carbonyl (C=O) groups is 3. The first-order valence-corrected chi connectivity index (χ1v) is 13.3. The molecule has 0 spiro atoms. The first kappa shape index (κ1) is 26.9. The monoisotopic (exact) mass is 559 g/mol. The van der Waals surface area contributed by atoms with E-state index in [0.29, 0.717) is 18.9 Å². The number of hydrazine groups is 1. The Bertz CT molecular complexity index is 1280.